The average molecular weight is 249 g/mol. The molecule has 1 amide bonds. The van der Waals surface area contributed by atoms with Crippen LogP contribution in [0.3, 0.4) is 0 Å². The van der Waals surface area contributed by atoms with E-state index in [0.29, 0.717) is 11.4 Å². The first-order chi connectivity index (χ1) is 8.66. The number of anilines is 1. The van der Waals surface area contributed by atoms with Gasteiger partial charge in [0.25, 0.3) is 0 Å². The minimum atomic E-state index is -1.05. The molecule has 1 aromatic rings. The molecule has 0 saturated heterocycles. The van der Waals surface area contributed by atoms with Crippen molar-refractivity contribution in [3.05, 3.63) is 24.3 Å². The van der Waals surface area contributed by atoms with Crippen LogP contribution in [0, 0.1) is 5.92 Å². The van der Waals surface area contributed by atoms with E-state index in [1.165, 1.54) is 0 Å². The number of carbonyl (C=O) groups excluding carboxylic acids is 1. The van der Waals surface area contributed by atoms with Crippen molar-refractivity contribution >= 4 is 17.6 Å². The number of carboxylic acids is 1. The number of hydrogen-bond donors (Lipinski definition) is 2. The van der Waals surface area contributed by atoms with Crippen LogP contribution in [-0.4, -0.2) is 23.6 Å². The van der Waals surface area contributed by atoms with Crippen LogP contribution in [0.4, 0.5) is 5.69 Å². The lowest BCUT2D eigenvalue weighted by Gasteiger charge is -2.24. The number of carbonyl (C=O) groups is 2. The first-order valence-electron chi connectivity index (χ1n) is 5.91. The molecule has 1 aromatic carbocycles. The van der Waals surface area contributed by atoms with Gasteiger partial charge >= 0.3 is 5.97 Å². The fourth-order valence-electron chi connectivity index (χ4n) is 1.74. The first kappa shape index (κ1) is 12.4. The number of carboxylic acid groups (broad SMARTS) is 1. The second-order valence-corrected chi connectivity index (χ2v) is 4.30. The van der Waals surface area contributed by atoms with Gasteiger partial charge in [0.15, 0.2) is 6.61 Å². The summed E-state index contributed by atoms with van der Waals surface area (Å²) in [7, 11) is 0. The van der Waals surface area contributed by atoms with Crippen molar-refractivity contribution in [3.8, 4) is 5.75 Å². The summed E-state index contributed by atoms with van der Waals surface area (Å²) in [5.74, 6) is -0.604. The van der Waals surface area contributed by atoms with Crippen molar-refractivity contribution in [2.75, 3.05) is 11.9 Å². The van der Waals surface area contributed by atoms with Crippen LogP contribution in [0.2, 0.25) is 0 Å². The largest absolute Gasteiger partial charge is 0.480 e. The zero-order chi connectivity index (χ0) is 13.0. The van der Waals surface area contributed by atoms with Crippen LogP contribution in [0.25, 0.3) is 0 Å². The van der Waals surface area contributed by atoms with Gasteiger partial charge in [0, 0.05) is 5.92 Å². The minimum Gasteiger partial charge on any atom is -0.480 e. The molecule has 0 aliphatic heterocycles. The summed E-state index contributed by atoms with van der Waals surface area (Å²) in [4.78, 5) is 22.3. The fraction of sp³-hybridized carbons (Fsp3) is 0.385. The highest BCUT2D eigenvalue weighted by Crippen LogP contribution is 2.30. The molecule has 0 bridgehead atoms. The smallest absolute Gasteiger partial charge is 0.341 e. The normalized spacial score (nSPS) is 14.7. The summed E-state index contributed by atoms with van der Waals surface area (Å²) in [6.45, 7) is -0.420. The van der Waals surface area contributed by atoms with Gasteiger partial charge in [0.05, 0.1) is 5.69 Å². The maximum Gasteiger partial charge on any atom is 0.341 e. The molecule has 0 heterocycles. The van der Waals surface area contributed by atoms with Gasteiger partial charge in [0.1, 0.15) is 5.75 Å². The molecule has 5 heteroatoms. The molecule has 2 N–H and O–H groups in total. The standard InChI is InChI=1S/C13H15NO4/c15-12(16)8-18-11-7-2-1-6-10(11)14-13(17)9-4-3-5-9/h1-2,6-7,9H,3-5,8H2,(H,14,17)(H,15,16). The molecular formula is C13H15NO4. The Morgan fingerprint density at radius 1 is 1.33 bits per heavy atom. The minimum absolute atomic E-state index is 0.0207. The molecule has 18 heavy (non-hydrogen) atoms. The van der Waals surface area contributed by atoms with E-state index in [9.17, 15) is 9.59 Å². The second kappa shape index (κ2) is 5.53. The third kappa shape index (κ3) is 3.00. The van der Waals surface area contributed by atoms with Crippen molar-refractivity contribution in [2.45, 2.75) is 19.3 Å². The van der Waals surface area contributed by atoms with Gasteiger partial charge in [-0.25, -0.2) is 4.79 Å². The van der Waals surface area contributed by atoms with Crippen LogP contribution in [-0.2, 0) is 9.59 Å². The molecule has 0 spiro atoms. The van der Waals surface area contributed by atoms with E-state index in [0.717, 1.165) is 19.3 Å². The predicted octanol–water partition coefficient (Wildman–Crippen LogP) is 1.89. The zero-order valence-electron chi connectivity index (χ0n) is 9.89. The van der Waals surface area contributed by atoms with E-state index >= 15 is 0 Å². The maximum absolute atomic E-state index is 11.8. The zero-order valence-corrected chi connectivity index (χ0v) is 9.89. The van der Waals surface area contributed by atoms with Crippen molar-refractivity contribution in [2.24, 2.45) is 5.92 Å². The topological polar surface area (TPSA) is 75.6 Å². The molecule has 1 saturated carbocycles. The highest BCUT2D eigenvalue weighted by Gasteiger charge is 2.25. The molecular weight excluding hydrogens is 234 g/mol. The summed E-state index contributed by atoms with van der Waals surface area (Å²) in [6.07, 6.45) is 2.93. The van der Waals surface area contributed by atoms with Gasteiger partial charge in [0.2, 0.25) is 5.91 Å². The molecule has 5 nitrogen and oxygen atoms in total. The Balaban J connectivity index is 2.01. The summed E-state index contributed by atoms with van der Waals surface area (Å²) >= 11 is 0. The van der Waals surface area contributed by atoms with E-state index in [2.05, 4.69) is 5.32 Å². The Morgan fingerprint density at radius 2 is 2.06 bits per heavy atom. The lowest BCUT2D eigenvalue weighted by molar-refractivity contribution is -0.139. The maximum atomic E-state index is 11.8. The van der Waals surface area contributed by atoms with Gasteiger partial charge in [-0.05, 0) is 25.0 Å². The Bertz CT molecular complexity index is 454. The number of benzene rings is 1. The van der Waals surface area contributed by atoms with Crippen LogP contribution in [0.1, 0.15) is 19.3 Å². The van der Waals surface area contributed by atoms with Gasteiger partial charge in [-0.15, -0.1) is 0 Å². The molecule has 96 valence electrons. The monoisotopic (exact) mass is 249 g/mol. The Labute approximate surface area is 105 Å². The van der Waals surface area contributed by atoms with E-state index in [-0.39, 0.29) is 11.8 Å². The number of amides is 1. The van der Waals surface area contributed by atoms with E-state index in [1.807, 2.05) is 0 Å². The molecule has 1 aliphatic rings. The van der Waals surface area contributed by atoms with Gasteiger partial charge < -0.3 is 15.2 Å². The number of para-hydroxylation sites is 2. The van der Waals surface area contributed by atoms with Crippen molar-refractivity contribution in [1.29, 1.82) is 0 Å². The quantitative estimate of drug-likeness (QED) is 0.835. The highest BCUT2D eigenvalue weighted by atomic mass is 16.5. The summed E-state index contributed by atoms with van der Waals surface area (Å²) in [5, 5.41) is 11.3. The predicted molar refractivity (Wildman–Crippen MR) is 65.5 cm³/mol. The molecule has 1 aliphatic carbocycles. The van der Waals surface area contributed by atoms with Crippen LogP contribution in [0.5, 0.6) is 5.75 Å². The molecule has 0 aromatic heterocycles. The van der Waals surface area contributed by atoms with Crippen LogP contribution >= 0.6 is 0 Å². The molecule has 2 rings (SSSR count). The van der Waals surface area contributed by atoms with E-state index in [1.54, 1.807) is 24.3 Å². The SMILES string of the molecule is O=C(O)COc1ccccc1NC(=O)C1CCC1. The third-order valence-electron chi connectivity index (χ3n) is 2.97. The Kier molecular flexibility index (Phi) is 3.82. The third-order valence-corrected chi connectivity index (χ3v) is 2.97. The highest BCUT2D eigenvalue weighted by molar-refractivity contribution is 5.94. The number of rotatable bonds is 5. The number of ether oxygens (including phenoxy) is 1. The Hall–Kier alpha value is -2.04. The van der Waals surface area contributed by atoms with Crippen LogP contribution in [0.15, 0.2) is 24.3 Å². The number of hydrogen-bond acceptors (Lipinski definition) is 3. The summed E-state index contributed by atoms with van der Waals surface area (Å²) in [5.41, 5.74) is 0.524. The van der Waals surface area contributed by atoms with Gasteiger partial charge in [-0.3, -0.25) is 4.79 Å². The molecule has 0 atom stereocenters. The molecule has 1 fully saturated rings. The molecule has 0 radical (unpaired) electrons. The number of aliphatic carboxylic acids is 1. The lowest BCUT2D eigenvalue weighted by atomic mass is 9.85. The lowest BCUT2D eigenvalue weighted by Crippen LogP contribution is -2.28. The summed E-state index contributed by atoms with van der Waals surface area (Å²) in [6, 6.07) is 6.84. The van der Waals surface area contributed by atoms with E-state index < -0.39 is 12.6 Å². The first-order valence-corrected chi connectivity index (χ1v) is 5.91. The van der Waals surface area contributed by atoms with E-state index in [4.69, 9.17) is 9.84 Å². The second-order valence-electron chi connectivity index (χ2n) is 4.30. The van der Waals surface area contributed by atoms with Gasteiger partial charge in [-0.1, -0.05) is 18.6 Å². The van der Waals surface area contributed by atoms with Crippen molar-refractivity contribution in [3.63, 3.8) is 0 Å². The molecule has 0 unspecified atom stereocenters. The van der Waals surface area contributed by atoms with Gasteiger partial charge in [-0.2, -0.15) is 0 Å². The van der Waals surface area contributed by atoms with Crippen molar-refractivity contribution in [1.82, 2.24) is 0 Å². The fourth-order valence-corrected chi connectivity index (χ4v) is 1.74. The van der Waals surface area contributed by atoms with Crippen molar-refractivity contribution < 1.29 is 19.4 Å². The average Bonchev–Trinajstić information content (AvgIpc) is 2.25. The Morgan fingerprint density at radius 3 is 2.67 bits per heavy atom. The summed E-state index contributed by atoms with van der Waals surface area (Å²) < 4.78 is 5.12. The number of nitrogens with one attached hydrogen (secondary N) is 1. The van der Waals surface area contributed by atoms with Crippen LogP contribution < -0.4 is 10.1 Å².